The first kappa shape index (κ1) is 16.0. The third-order valence-corrected chi connectivity index (χ3v) is 4.37. The number of carbonyl (C=O) groups is 1. The Morgan fingerprint density at radius 3 is 2.57 bits per heavy atom. The SMILES string of the molecule is CC1CCN(C(C)C(=O)NCCc2ccc(F)cc2)CC1. The molecule has 0 aliphatic carbocycles. The van der Waals surface area contributed by atoms with Gasteiger partial charge in [0.05, 0.1) is 6.04 Å². The van der Waals surface area contributed by atoms with Crippen molar-refractivity contribution in [3.05, 3.63) is 35.6 Å². The average Bonchev–Trinajstić information content (AvgIpc) is 2.49. The van der Waals surface area contributed by atoms with Crippen molar-refractivity contribution in [1.82, 2.24) is 10.2 Å². The molecule has 1 aromatic rings. The van der Waals surface area contributed by atoms with Crippen molar-refractivity contribution in [2.45, 2.75) is 39.2 Å². The number of rotatable bonds is 5. The second-order valence-corrected chi connectivity index (χ2v) is 6.06. The van der Waals surface area contributed by atoms with E-state index in [4.69, 9.17) is 0 Å². The number of likely N-dealkylation sites (tertiary alicyclic amines) is 1. The molecule has 21 heavy (non-hydrogen) atoms. The minimum absolute atomic E-state index is 0.0642. The number of hydrogen-bond donors (Lipinski definition) is 1. The van der Waals surface area contributed by atoms with E-state index < -0.39 is 0 Å². The Balaban J connectivity index is 1.72. The van der Waals surface area contributed by atoms with Gasteiger partial charge in [-0.1, -0.05) is 19.1 Å². The molecule has 1 fully saturated rings. The summed E-state index contributed by atoms with van der Waals surface area (Å²) in [4.78, 5) is 14.4. The Labute approximate surface area is 126 Å². The van der Waals surface area contributed by atoms with Crippen LogP contribution < -0.4 is 5.32 Å². The summed E-state index contributed by atoms with van der Waals surface area (Å²) in [5, 5.41) is 2.98. The first-order valence-electron chi connectivity index (χ1n) is 7.82. The van der Waals surface area contributed by atoms with Crippen LogP contribution in [0.1, 0.15) is 32.3 Å². The highest BCUT2D eigenvalue weighted by molar-refractivity contribution is 5.81. The maximum Gasteiger partial charge on any atom is 0.237 e. The number of carbonyl (C=O) groups excluding carboxylic acids is 1. The molecule has 1 unspecified atom stereocenters. The second kappa shape index (κ2) is 7.55. The third kappa shape index (κ3) is 4.81. The van der Waals surface area contributed by atoms with E-state index >= 15 is 0 Å². The van der Waals surface area contributed by atoms with Crippen molar-refractivity contribution in [1.29, 1.82) is 0 Å². The van der Waals surface area contributed by atoms with Crippen molar-refractivity contribution < 1.29 is 9.18 Å². The fraction of sp³-hybridized carbons (Fsp3) is 0.588. The number of halogens is 1. The fourth-order valence-electron chi connectivity index (χ4n) is 2.71. The van der Waals surface area contributed by atoms with E-state index in [0.29, 0.717) is 6.54 Å². The number of nitrogens with zero attached hydrogens (tertiary/aromatic N) is 1. The van der Waals surface area contributed by atoms with Gasteiger partial charge < -0.3 is 5.32 Å². The van der Waals surface area contributed by atoms with Crippen LogP contribution in [0.3, 0.4) is 0 Å². The summed E-state index contributed by atoms with van der Waals surface area (Å²) in [6.45, 7) is 6.86. The molecule has 1 heterocycles. The number of benzene rings is 1. The van der Waals surface area contributed by atoms with Gasteiger partial charge in [-0.15, -0.1) is 0 Å². The lowest BCUT2D eigenvalue weighted by Crippen LogP contribution is -2.48. The molecule has 1 N–H and O–H groups in total. The number of nitrogens with one attached hydrogen (secondary N) is 1. The molecule has 1 aliphatic heterocycles. The molecule has 1 atom stereocenters. The summed E-state index contributed by atoms with van der Waals surface area (Å²) < 4.78 is 12.8. The average molecular weight is 292 g/mol. The lowest BCUT2D eigenvalue weighted by Gasteiger charge is -2.34. The lowest BCUT2D eigenvalue weighted by molar-refractivity contribution is -0.126. The highest BCUT2D eigenvalue weighted by Gasteiger charge is 2.24. The molecule has 0 spiro atoms. The first-order chi connectivity index (χ1) is 10.1. The Morgan fingerprint density at radius 1 is 1.33 bits per heavy atom. The molecule has 1 saturated heterocycles. The van der Waals surface area contributed by atoms with Gasteiger partial charge in [-0.05, 0) is 62.9 Å². The molecular formula is C17H25FN2O. The predicted octanol–water partition coefficient (Wildman–Crippen LogP) is 2.60. The van der Waals surface area contributed by atoms with E-state index in [9.17, 15) is 9.18 Å². The van der Waals surface area contributed by atoms with Gasteiger partial charge in [0.25, 0.3) is 0 Å². The standard InChI is InChI=1S/C17H25FN2O/c1-13-8-11-20(12-9-13)14(2)17(21)19-10-7-15-3-5-16(18)6-4-15/h3-6,13-14H,7-12H2,1-2H3,(H,19,21). The molecule has 0 saturated carbocycles. The van der Waals surface area contributed by atoms with Crippen molar-refractivity contribution in [2.75, 3.05) is 19.6 Å². The van der Waals surface area contributed by atoms with Crippen LogP contribution in [0.15, 0.2) is 24.3 Å². The topological polar surface area (TPSA) is 32.3 Å². The monoisotopic (exact) mass is 292 g/mol. The van der Waals surface area contributed by atoms with E-state index in [-0.39, 0.29) is 17.8 Å². The van der Waals surface area contributed by atoms with Crippen molar-refractivity contribution in [3.63, 3.8) is 0 Å². The van der Waals surface area contributed by atoms with Gasteiger partial charge in [0, 0.05) is 6.54 Å². The summed E-state index contributed by atoms with van der Waals surface area (Å²) in [5.74, 6) is 0.636. The van der Waals surface area contributed by atoms with Crippen LogP contribution in [-0.4, -0.2) is 36.5 Å². The minimum Gasteiger partial charge on any atom is -0.354 e. The van der Waals surface area contributed by atoms with Gasteiger partial charge >= 0.3 is 0 Å². The summed E-state index contributed by atoms with van der Waals surface area (Å²) in [6, 6.07) is 6.36. The molecule has 3 nitrogen and oxygen atoms in total. The van der Waals surface area contributed by atoms with Gasteiger partial charge in [0.1, 0.15) is 5.82 Å². The maximum atomic E-state index is 12.8. The van der Waals surface area contributed by atoms with Crippen LogP contribution in [0, 0.1) is 11.7 Å². The Morgan fingerprint density at radius 2 is 1.95 bits per heavy atom. The van der Waals surface area contributed by atoms with E-state index in [1.165, 1.54) is 25.0 Å². The van der Waals surface area contributed by atoms with Crippen LogP contribution >= 0.6 is 0 Å². The Bertz CT molecular complexity index is 452. The van der Waals surface area contributed by atoms with Crippen molar-refractivity contribution in [3.8, 4) is 0 Å². The molecule has 116 valence electrons. The van der Waals surface area contributed by atoms with E-state index in [1.54, 1.807) is 12.1 Å². The van der Waals surface area contributed by atoms with E-state index in [1.807, 2.05) is 6.92 Å². The maximum absolute atomic E-state index is 12.8. The fourth-order valence-corrected chi connectivity index (χ4v) is 2.71. The smallest absolute Gasteiger partial charge is 0.237 e. The van der Waals surface area contributed by atoms with Crippen molar-refractivity contribution in [2.24, 2.45) is 5.92 Å². The predicted molar refractivity (Wildman–Crippen MR) is 82.5 cm³/mol. The largest absolute Gasteiger partial charge is 0.354 e. The second-order valence-electron chi connectivity index (χ2n) is 6.06. The quantitative estimate of drug-likeness (QED) is 0.905. The molecule has 2 rings (SSSR count). The minimum atomic E-state index is -0.226. The third-order valence-electron chi connectivity index (χ3n) is 4.37. The molecule has 4 heteroatoms. The van der Waals surface area contributed by atoms with Gasteiger partial charge in [0.2, 0.25) is 5.91 Å². The molecule has 0 aromatic heterocycles. The Kier molecular flexibility index (Phi) is 5.74. The van der Waals surface area contributed by atoms with Crippen LogP contribution in [0.5, 0.6) is 0 Å². The summed E-state index contributed by atoms with van der Waals surface area (Å²) >= 11 is 0. The lowest BCUT2D eigenvalue weighted by atomic mass is 9.98. The highest BCUT2D eigenvalue weighted by Crippen LogP contribution is 2.17. The molecule has 1 aliphatic rings. The van der Waals surface area contributed by atoms with Gasteiger partial charge in [0.15, 0.2) is 0 Å². The number of amides is 1. The summed E-state index contributed by atoms with van der Waals surface area (Å²) in [5.41, 5.74) is 1.04. The van der Waals surface area contributed by atoms with Crippen LogP contribution in [-0.2, 0) is 11.2 Å². The van der Waals surface area contributed by atoms with Gasteiger partial charge in [-0.25, -0.2) is 4.39 Å². The summed E-state index contributed by atoms with van der Waals surface area (Å²) in [6.07, 6.45) is 3.08. The molecule has 1 amide bonds. The molecule has 0 bridgehead atoms. The number of piperidine rings is 1. The number of hydrogen-bond acceptors (Lipinski definition) is 2. The van der Waals surface area contributed by atoms with Crippen molar-refractivity contribution >= 4 is 5.91 Å². The first-order valence-corrected chi connectivity index (χ1v) is 7.82. The summed E-state index contributed by atoms with van der Waals surface area (Å²) in [7, 11) is 0. The molecule has 0 radical (unpaired) electrons. The van der Waals surface area contributed by atoms with Gasteiger partial charge in [-0.2, -0.15) is 0 Å². The Hall–Kier alpha value is -1.42. The highest BCUT2D eigenvalue weighted by atomic mass is 19.1. The zero-order valence-electron chi connectivity index (χ0n) is 12.9. The molecule has 1 aromatic carbocycles. The van der Waals surface area contributed by atoms with Crippen LogP contribution in [0.25, 0.3) is 0 Å². The zero-order valence-corrected chi connectivity index (χ0v) is 12.9. The van der Waals surface area contributed by atoms with E-state index in [0.717, 1.165) is 31.0 Å². The zero-order chi connectivity index (χ0) is 15.2. The van der Waals surface area contributed by atoms with Crippen LogP contribution in [0.2, 0.25) is 0 Å². The van der Waals surface area contributed by atoms with Crippen LogP contribution in [0.4, 0.5) is 4.39 Å². The van der Waals surface area contributed by atoms with E-state index in [2.05, 4.69) is 17.1 Å². The molecular weight excluding hydrogens is 267 g/mol. The normalized spacial score (nSPS) is 18.4. The van der Waals surface area contributed by atoms with Gasteiger partial charge in [-0.3, -0.25) is 9.69 Å².